The minimum Gasteiger partial charge on any atom is -0.377 e. The van der Waals surface area contributed by atoms with E-state index in [1.165, 1.54) is 6.26 Å². The van der Waals surface area contributed by atoms with E-state index < -0.39 is 21.8 Å². The normalized spacial score (nSPS) is 22.5. The SMILES string of the molecule is CS(=O)(=O)C1CCN(Cc2cc(-c3ccc4c(c3)CN(C3CCC(=O)NC3=O)C4=O)nc3c2ccn3C2COC2)CC1. The summed E-state index contributed by atoms with van der Waals surface area (Å²) in [5.41, 5.74) is 5.06. The van der Waals surface area contributed by atoms with Gasteiger partial charge in [0.15, 0.2) is 0 Å². The number of pyridine rings is 1. The lowest BCUT2D eigenvalue weighted by molar-refractivity contribution is -0.136. The van der Waals surface area contributed by atoms with Crippen LogP contribution in [-0.2, 0) is 37.3 Å². The molecule has 3 saturated heterocycles. The summed E-state index contributed by atoms with van der Waals surface area (Å²) in [4.78, 5) is 46.3. The lowest BCUT2D eigenvalue weighted by Gasteiger charge is -2.31. The minimum absolute atomic E-state index is 0.202. The summed E-state index contributed by atoms with van der Waals surface area (Å²) >= 11 is 0. The van der Waals surface area contributed by atoms with Gasteiger partial charge in [0.25, 0.3) is 5.91 Å². The van der Waals surface area contributed by atoms with Gasteiger partial charge in [-0.3, -0.25) is 24.6 Å². The van der Waals surface area contributed by atoms with Crippen molar-refractivity contribution in [2.75, 3.05) is 32.6 Å². The number of sulfone groups is 1. The monoisotopic (exact) mass is 591 g/mol. The molecule has 11 nitrogen and oxygen atoms in total. The Morgan fingerprint density at radius 2 is 1.83 bits per heavy atom. The molecule has 4 aliphatic heterocycles. The first-order valence-electron chi connectivity index (χ1n) is 14.4. The number of fused-ring (bicyclic) bond motifs is 2. The van der Waals surface area contributed by atoms with Gasteiger partial charge in [-0.25, -0.2) is 13.4 Å². The molecule has 4 aliphatic rings. The summed E-state index contributed by atoms with van der Waals surface area (Å²) in [6.45, 7) is 3.69. The molecule has 0 aliphatic carbocycles. The van der Waals surface area contributed by atoms with E-state index in [4.69, 9.17) is 9.72 Å². The number of carbonyl (C=O) groups excluding carboxylic acids is 3. The smallest absolute Gasteiger partial charge is 0.255 e. The predicted molar refractivity (Wildman–Crippen MR) is 154 cm³/mol. The van der Waals surface area contributed by atoms with Crippen LogP contribution in [0.25, 0.3) is 22.3 Å². The zero-order valence-corrected chi connectivity index (χ0v) is 24.2. The molecule has 3 aromatic rings. The third-order valence-corrected chi connectivity index (χ3v) is 10.8. The lowest BCUT2D eigenvalue weighted by atomic mass is 10.0. The van der Waals surface area contributed by atoms with Crippen molar-refractivity contribution in [3.05, 3.63) is 53.2 Å². The molecule has 3 fully saturated rings. The number of ether oxygens (including phenoxy) is 1. The number of imide groups is 1. The van der Waals surface area contributed by atoms with E-state index in [1.54, 1.807) is 11.0 Å². The van der Waals surface area contributed by atoms with Crippen molar-refractivity contribution in [3.63, 3.8) is 0 Å². The van der Waals surface area contributed by atoms with Crippen LogP contribution >= 0.6 is 0 Å². The van der Waals surface area contributed by atoms with Crippen LogP contribution in [0.15, 0.2) is 36.5 Å². The predicted octanol–water partition coefficient (Wildman–Crippen LogP) is 2.04. The van der Waals surface area contributed by atoms with Crippen molar-refractivity contribution in [3.8, 4) is 11.3 Å². The lowest BCUT2D eigenvalue weighted by Crippen LogP contribution is -2.52. The highest BCUT2D eigenvalue weighted by Crippen LogP contribution is 2.34. The van der Waals surface area contributed by atoms with Gasteiger partial charge in [0.2, 0.25) is 11.8 Å². The summed E-state index contributed by atoms with van der Waals surface area (Å²) in [6.07, 6.45) is 5.18. The number of likely N-dealkylation sites (tertiary alicyclic amines) is 1. The molecular weight excluding hydrogens is 558 g/mol. The Kier molecular flexibility index (Phi) is 6.67. The molecule has 0 radical (unpaired) electrons. The summed E-state index contributed by atoms with van der Waals surface area (Å²) in [6, 6.07) is 9.45. The Labute approximate surface area is 243 Å². The fourth-order valence-electron chi connectivity index (χ4n) is 6.62. The fourth-order valence-corrected chi connectivity index (χ4v) is 7.69. The van der Waals surface area contributed by atoms with Crippen LogP contribution in [0.1, 0.15) is 53.2 Å². The van der Waals surface area contributed by atoms with Gasteiger partial charge in [-0.05, 0) is 67.7 Å². The van der Waals surface area contributed by atoms with E-state index in [9.17, 15) is 22.8 Å². The summed E-state index contributed by atoms with van der Waals surface area (Å²) in [5, 5.41) is 3.14. The van der Waals surface area contributed by atoms with Crippen LogP contribution < -0.4 is 5.32 Å². The highest BCUT2D eigenvalue weighted by atomic mass is 32.2. The van der Waals surface area contributed by atoms with Crippen molar-refractivity contribution in [2.24, 2.45) is 0 Å². The van der Waals surface area contributed by atoms with E-state index in [1.807, 2.05) is 12.1 Å². The first-order valence-corrected chi connectivity index (χ1v) is 16.4. The Balaban J connectivity index is 1.20. The standard InChI is InChI=1S/C30H33N5O6S/c1-42(39,40)22-6-9-33(10-7-22)14-20-13-25(31-28-23(20)8-11-34(28)21-16-41-17-21)18-2-3-24-19(12-18)15-35(30(24)38)26-4-5-27(36)32-29(26)37/h2-3,8,11-13,21-22,26H,4-7,9-10,14-17H2,1H3,(H,32,36,37). The molecule has 6 heterocycles. The second kappa shape index (κ2) is 10.3. The largest absolute Gasteiger partial charge is 0.377 e. The van der Waals surface area contributed by atoms with Gasteiger partial charge in [-0.1, -0.05) is 6.07 Å². The molecule has 1 aromatic carbocycles. The average Bonchev–Trinajstić information content (AvgIpc) is 3.48. The maximum Gasteiger partial charge on any atom is 0.255 e. The molecule has 2 aromatic heterocycles. The highest BCUT2D eigenvalue weighted by Gasteiger charge is 2.39. The van der Waals surface area contributed by atoms with E-state index in [0.717, 1.165) is 33.4 Å². The maximum absolute atomic E-state index is 13.2. The van der Waals surface area contributed by atoms with Crippen molar-refractivity contribution < 1.29 is 27.5 Å². The third kappa shape index (κ3) is 4.81. The van der Waals surface area contributed by atoms with Crippen molar-refractivity contribution in [1.29, 1.82) is 0 Å². The van der Waals surface area contributed by atoms with Gasteiger partial charge in [-0.2, -0.15) is 0 Å². The van der Waals surface area contributed by atoms with Crippen molar-refractivity contribution >= 4 is 38.6 Å². The number of carbonyl (C=O) groups is 3. The van der Waals surface area contributed by atoms with Crippen LogP contribution in [0.4, 0.5) is 0 Å². The Morgan fingerprint density at radius 3 is 2.52 bits per heavy atom. The first kappa shape index (κ1) is 27.2. The number of hydrogen-bond acceptors (Lipinski definition) is 8. The number of piperidine rings is 2. The van der Waals surface area contributed by atoms with Gasteiger partial charge in [0.05, 0.1) is 30.2 Å². The summed E-state index contributed by atoms with van der Waals surface area (Å²) in [5.74, 6) is -0.935. The average molecular weight is 592 g/mol. The van der Waals surface area contributed by atoms with Crippen molar-refractivity contribution in [2.45, 2.75) is 56.1 Å². The molecular formula is C30H33N5O6S. The number of aromatic nitrogens is 2. The Bertz CT molecular complexity index is 1720. The molecule has 1 unspecified atom stereocenters. The van der Waals surface area contributed by atoms with E-state index in [0.29, 0.717) is 64.2 Å². The quantitative estimate of drug-likeness (QED) is 0.431. The molecule has 7 rings (SSSR count). The highest BCUT2D eigenvalue weighted by molar-refractivity contribution is 7.91. The second-order valence-corrected chi connectivity index (χ2v) is 14.2. The number of benzene rings is 1. The van der Waals surface area contributed by atoms with E-state index >= 15 is 0 Å². The van der Waals surface area contributed by atoms with Crippen LogP contribution in [0.2, 0.25) is 0 Å². The number of amides is 3. The van der Waals surface area contributed by atoms with Gasteiger partial charge < -0.3 is 14.2 Å². The zero-order valence-electron chi connectivity index (χ0n) is 23.4. The number of nitrogens with zero attached hydrogens (tertiary/aromatic N) is 4. The van der Waals surface area contributed by atoms with Gasteiger partial charge >= 0.3 is 0 Å². The van der Waals surface area contributed by atoms with Crippen LogP contribution in [0.5, 0.6) is 0 Å². The molecule has 220 valence electrons. The van der Waals surface area contributed by atoms with Gasteiger partial charge in [-0.15, -0.1) is 0 Å². The van der Waals surface area contributed by atoms with Crippen LogP contribution in [0, 0.1) is 0 Å². The molecule has 1 N–H and O–H groups in total. The minimum atomic E-state index is -3.04. The van der Waals surface area contributed by atoms with Crippen LogP contribution in [0.3, 0.4) is 0 Å². The second-order valence-electron chi connectivity index (χ2n) is 11.9. The Morgan fingerprint density at radius 1 is 1.05 bits per heavy atom. The fraction of sp³-hybridized carbons (Fsp3) is 0.467. The third-order valence-electron chi connectivity index (χ3n) is 9.14. The van der Waals surface area contributed by atoms with Crippen LogP contribution in [-0.4, -0.2) is 89.3 Å². The number of hydrogen-bond donors (Lipinski definition) is 1. The van der Waals surface area contributed by atoms with E-state index in [-0.39, 0.29) is 29.5 Å². The van der Waals surface area contributed by atoms with Gasteiger partial charge in [0.1, 0.15) is 21.5 Å². The van der Waals surface area contributed by atoms with Gasteiger partial charge in [0, 0.05) is 48.5 Å². The molecule has 0 saturated carbocycles. The Hall–Kier alpha value is -3.61. The zero-order chi connectivity index (χ0) is 29.2. The number of rotatable bonds is 6. The molecule has 0 bridgehead atoms. The molecule has 12 heteroatoms. The molecule has 42 heavy (non-hydrogen) atoms. The summed E-state index contributed by atoms with van der Waals surface area (Å²) in [7, 11) is -3.04. The molecule has 3 amide bonds. The maximum atomic E-state index is 13.2. The molecule has 1 atom stereocenters. The summed E-state index contributed by atoms with van der Waals surface area (Å²) < 4.78 is 31.8. The topological polar surface area (TPSA) is 131 Å². The number of nitrogens with one attached hydrogen (secondary N) is 1. The first-order chi connectivity index (χ1) is 20.2. The van der Waals surface area contributed by atoms with E-state index in [2.05, 4.69) is 33.1 Å². The molecule has 0 spiro atoms. The van der Waals surface area contributed by atoms with Crippen molar-refractivity contribution in [1.82, 2.24) is 24.7 Å².